The summed E-state index contributed by atoms with van der Waals surface area (Å²) in [5, 5.41) is 6.58. The number of aromatic nitrogens is 2. The van der Waals surface area contributed by atoms with Crippen LogP contribution in [0.1, 0.15) is 40.5 Å². The van der Waals surface area contributed by atoms with Crippen molar-refractivity contribution in [1.82, 2.24) is 9.97 Å². The molecule has 0 aromatic carbocycles. The second-order valence-electron chi connectivity index (χ2n) is 5.10. The summed E-state index contributed by atoms with van der Waals surface area (Å²) in [5.74, 6) is 2.53. The molecule has 0 saturated heterocycles. The Balaban J connectivity index is 2.67. The van der Waals surface area contributed by atoms with Gasteiger partial charge in [0.2, 0.25) is 5.95 Å². The first-order valence-electron chi connectivity index (χ1n) is 6.66. The molecule has 0 spiro atoms. The third kappa shape index (κ3) is 5.21. The van der Waals surface area contributed by atoms with Crippen molar-refractivity contribution in [2.75, 3.05) is 22.9 Å². The van der Waals surface area contributed by atoms with Crippen molar-refractivity contribution < 1.29 is 0 Å². The van der Waals surface area contributed by atoms with Gasteiger partial charge in [0.05, 0.1) is 0 Å². The highest BCUT2D eigenvalue weighted by molar-refractivity contribution is 5.51. The molecule has 0 aliphatic rings. The molecule has 1 aromatic heterocycles. The standard InChI is InChI=1S/C13H25N5/c1-5-6-15-11-8-12(18-13(14)17-11)16-10(4)7-9(2)3/h8-10H,5-7H2,1-4H3,(H4,14,15,16,17,18). The fourth-order valence-electron chi connectivity index (χ4n) is 1.90. The second-order valence-corrected chi connectivity index (χ2v) is 5.10. The molecule has 1 heterocycles. The van der Waals surface area contributed by atoms with Crippen molar-refractivity contribution in [3.63, 3.8) is 0 Å². The van der Waals surface area contributed by atoms with Gasteiger partial charge in [-0.2, -0.15) is 9.97 Å². The average molecular weight is 251 g/mol. The number of hydrogen-bond acceptors (Lipinski definition) is 5. The van der Waals surface area contributed by atoms with Crippen LogP contribution in [0.3, 0.4) is 0 Å². The number of nitrogens with two attached hydrogens (primary N) is 1. The van der Waals surface area contributed by atoms with Gasteiger partial charge in [0, 0.05) is 18.7 Å². The Morgan fingerprint density at radius 3 is 2.50 bits per heavy atom. The lowest BCUT2D eigenvalue weighted by atomic mass is 10.1. The van der Waals surface area contributed by atoms with Crippen molar-refractivity contribution in [2.24, 2.45) is 5.92 Å². The lowest BCUT2D eigenvalue weighted by Gasteiger charge is -2.17. The van der Waals surface area contributed by atoms with Crippen LogP contribution in [0, 0.1) is 5.92 Å². The van der Waals surface area contributed by atoms with Crippen LogP contribution in [-0.4, -0.2) is 22.6 Å². The summed E-state index contributed by atoms with van der Waals surface area (Å²) in [4.78, 5) is 8.36. The molecule has 102 valence electrons. The Morgan fingerprint density at radius 2 is 1.89 bits per heavy atom. The average Bonchev–Trinajstić information content (AvgIpc) is 2.24. The lowest BCUT2D eigenvalue weighted by molar-refractivity contribution is 0.539. The Morgan fingerprint density at radius 1 is 1.22 bits per heavy atom. The van der Waals surface area contributed by atoms with Crippen molar-refractivity contribution in [3.05, 3.63) is 6.07 Å². The molecule has 4 N–H and O–H groups in total. The van der Waals surface area contributed by atoms with Crippen LogP contribution in [0.4, 0.5) is 17.6 Å². The van der Waals surface area contributed by atoms with Gasteiger partial charge in [0.25, 0.3) is 0 Å². The van der Waals surface area contributed by atoms with Gasteiger partial charge >= 0.3 is 0 Å². The van der Waals surface area contributed by atoms with Crippen molar-refractivity contribution in [3.8, 4) is 0 Å². The molecule has 0 fully saturated rings. The monoisotopic (exact) mass is 251 g/mol. The normalized spacial score (nSPS) is 12.5. The van der Waals surface area contributed by atoms with Gasteiger partial charge in [-0.3, -0.25) is 0 Å². The maximum absolute atomic E-state index is 5.71. The smallest absolute Gasteiger partial charge is 0.223 e. The summed E-state index contributed by atoms with van der Waals surface area (Å²) < 4.78 is 0. The van der Waals surface area contributed by atoms with Gasteiger partial charge in [-0.25, -0.2) is 0 Å². The molecular formula is C13H25N5. The molecule has 5 nitrogen and oxygen atoms in total. The van der Waals surface area contributed by atoms with Gasteiger partial charge in [0.1, 0.15) is 11.6 Å². The predicted octanol–water partition coefficient (Wildman–Crippen LogP) is 2.73. The quantitative estimate of drug-likeness (QED) is 0.694. The summed E-state index contributed by atoms with van der Waals surface area (Å²) in [5.41, 5.74) is 5.71. The molecule has 0 aliphatic heterocycles. The van der Waals surface area contributed by atoms with E-state index < -0.39 is 0 Å². The fourth-order valence-corrected chi connectivity index (χ4v) is 1.90. The zero-order chi connectivity index (χ0) is 13.5. The third-order valence-electron chi connectivity index (χ3n) is 2.52. The molecule has 0 amide bonds. The molecule has 1 atom stereocenters. The summed E-state index contributed by atoms with van der Waals surface area (Å²) in [6, 6.07) is 2.28. The maximum atomic E-state index is 5.71. The third-order valence-corrected chi connectivity index (χ3v) is 2.52. The van der Waals surface area contributed by atoms with Gasteiger partial charge in [-0.15, -0.1) is 0 Å². The maximum Gasteiger partial charge on any atom is 0.223 e. The Kier molecular flexibility index (Phi) is 5.68. The summed E-state index contributed by atoms with van der Waals surface area (Å²) in [6.45, 7) is 9.57. The van der Waals surface area contributed by atoms with E-state index in [9.17, 15) is 0 Å². The summed E-state index contributed by atoms with van der Waals surface area (Å²) >= 11 is 0. The Hall–Kier alpha value is -1.52. The number of nitrogens with one attached hydrogen (secondary N) is 2. The van der Waals surface area contributed by atoms with E-state index in [-0.39, 0.29) is 0 Å². The van der Waals surface area contributed by atoms with Crippen LogP contribution in [0.15, 0.2) is 6.07 Å². The number of nitrogen functional groups attached to an aromatic ring is 1. The predicted molar refractivity (Wildman–Crippen MR) is 77.8 cm³/mol. The largest absolute Gasteiger partial charge is 0.370 e. The van der Waals surface area contributed by atoms with Crippen LogP contribution in [0.2, 0.25) is 0 Å². The first kappa shape index (κ1) is 14.5. The highest BCUT2D eigenvalue weighted by Gasteiger charge is 2.07. The van der Waals surface area contributed by atoms with Crippen LogP contribution in [0.25, 0.3) is 0 Å². The SMILES string of the molecule is CCCNc1cc(NC(C)CC(C)C)nc(N)n1. The van der Waals surface area contributed by atoms with Crippen molar-refractivity contribution in [1.29, 1.82) is 0 Å². The topological polar surface area (TPSA) is 75.9 Å². The highest BCUT2D eigenvalue weighted by atomic mass is 15.1. The first-order valence-corrected chi connectivity index (χ1v) is 6.66. The van der Waals surface area contributed by atoms with Crippen LogP contribution in [-0.2, 0) is 0 Å². The Bertz CT molecular complexity index is 364. The number of anilines is 3. The summed E-state index contributed by atoms with van der Waals surface area (Å²) in [7, 11) is 0. The summed E-state index contributed by atoms with van der Waals surface area (Å²) in [6.07, 6.45) is 2.15. The first-order chi connectivity index (χ1) is 8.51. The van der Waals surface area contributed by atoms with E-state index in [0.717, 1.165) is 31.0 Å². The fraction of sp³-hybridized carbons (Fsp3) is 0.692. The van der Waals surface area contributed by atoms with Crippen molar-refractivity contribution >= 4 is 17.6 Å². The minimum Gasteiger partial charge on any atom is -0.370 e. The van der Waals surface area contributed by atoms with E-state index in [0.29, 0.717) is 17.9 Å². The van der Waals surface area contributed by atoms with E-state index in [4.69, 9.17) is 5.73 Å². The zero-order valence-corrected chi connectivity index (χ0v) is 11.8. The van der Waals surface area contributed by atoms with E-state index in [1.54, 1.807) is 0 Å². The molecule has 0 radical (unpaired) electrons. The zero-order valence-electron chi connectivity index (χ0n) is 11.8. The number of hydrogen-bond donors (Lipinski definition) is 3. The molecule has 0 aliphatic carbocycles. The molecule has 1 aromatic rings. The van der Waals surface area contributed by atoms with E-state index in [1.165, 1.54) is 0 Å². The molecular weight excluding hydrogens is 226 g/mol. The molecule has 18 heavy (non-hydrogen) atoms. The van der Waals surface area contributed by atoms with E-state index in [2.05, 4.69) is 48.3 Å². The van der Waals surface area contributed by atoms with Crippen molar-refractivity contribution in [2.45, 2.75) is 46.6 Å². The van der Waals surface area contributed by atoms with Gasteiger partial charge in [-0.05, 0) is 25.7 Å². The van der Waals surface area contributed by atoms with Gasteiger partial charge < -0.3 is 16.4 Å². The van der Waals surface area contributed by atoms with E-state index in [1.807, 2.05) is 6.07 Å². The number of nitrogens with zero attached hydrogens (tertiary/aromatic N) is 2. The second kappa shape index (κ2) is 7.03. The lowest BCUT2D eigenvalue weighted by Crippen LogP contribution is -2.19. The highest BCUT2D eigenvalue weighted by Crippen LogP contribution is 2.15. The van der Waals surface area contributed by atoms with Crippen LogP contribution >= 0.6 is 0 Å². The van der Waals surface area contributed by atoms with Crippen LogP contribution in [0.5, 0.6) is 0 Å². The van der Waals surface area contributed by atoms with Gasteiger partial charge in [-0.1, -0.05) is 20.8 Å². The molecule has 5 heteroatoms. The number of rotatable bonds is 7. The van der Waals surface area contributed by atoms with Crippen LogP contribution < -0.4 is 16.4 Å². The van der Waals surface area contributed by atoms with E-state index >= 15 is 0 Å². The Labute approximate surface area is 110 Å². The minimum atomic E-state index is 0.301. The molecule has 0 bridgehead atoms. The molecule has 0 saturated carbocycles. The molecule has 1 rings (SSSR count). The molecule has 1 unspecified atom stereocenters. The van der Waals surface area contributed by atoms with Gasteiger partial charge in [0.15, 0.2) is 0 Å². The minimum absolute atomic E-state index is 0.301.